The second kappa shape index (κ2) is 4.60. The first kappa shape index (κ1) is 12.3. The molecule has 1 saturated carbocycles. The van der Waals surface area contributed by atoms with Gasteiger partial charge in [-0.3, -0.25) is 0 Å². The molecule has 2 rings (SSSR count). The Morgan fingerprint density at radius 2 is 2.19 bits per heavy atom. The Kier molecular flexibility index (Phi) is 3.53. The average molecular weight is 248 g/mol. The van der Waals surface area contributed by atoms with Crippen LogP contribution in [0.15, 0.2) is 0 Å². The van der Waals surface area contributed by atoms with Gasteiger partial charge in [0.1, 0.15) is 0 Å². The summed E-state index contributed by atoms with van der Waals surface area (Å²) in [6.07, 6.45) is 1.95. The van der Waals surface area contributed by atoms with Crippen LogP contribution in [0.4, 0.5) is 0 Å². The van der Waals surface area contributed by atoms with Crippen LogP contribution in [0.25, 0.3) is 0 Å². The number of sulfonamides is 1. The molecule has 0 radical (unpaired) electrons. The standard InChI is InChI=1S/C10H20N2O3S/c1-8(11)10-6-12(4-5-15-10)16(13,14)7-9-2-3-9/h8-10H,2-7,11H2,1H3. The van der Waals surface area contributed by atoms with Gasteiger partial charge in [0.15, 0.2) is 0 Å². The van der Waals surface area contributed by atoms with Crippen LogP contribution < -0.4 is 5.73 Å². The fourth-order valence-corrected chi connectivity index (χ4v) is 3.78. The van der Waals surface area contributed by atoms with Crippen molar-refractivity contribution in [2.24, 2.45) is 11.7 Å². The van der Waals surface area contributed by atoms with E-state index in [4.69, 9.17) is 10.5 Å². The summed E-state index contributed by atoms with van der Waals surface area (Å²) in [6, 6.07) is -0.126. The molecule has 94 valence electrons. The van der Waals surface area contributed by atoms with E-state index in [-0.39, 0.29) is 12.1 Å². The van der Waals surface area contributed by atoms with Crippen molar-refractivity contribution in [2.45, 2.75) is 31.9 Å². The summed E-state index contributed by atoms with van der Waals surface area (Å²) in [5.74, 6) is 0.695. The molecule has 6 heteroatoms. The van der Waals surface area contributed by atoms with Gasteiger partial charge in [0.25, 0.3) is 0 Å². The molecule has 1 saturated heterocycles. The van der Waals surface area contributed by atoms with E-state index in [1.165, 1.54) is 0 Å². The van der Waals surface area contributed by atoms with Crippen LogP contribution in [0.2, 0.25) is 0 Å². The van der Waals surface area contributed by atoms with E-state index in [0.717, 1.165) is 12.8 Å². The van der Waals surface area contributed by atoms with Gasteiger partial charge in [0.2, 0.25) is 10.0 Å². The van der Waals surface area contributed by atoms with Crippen molar-refractivity contribution in [3.8, 4) is 0 Å². The zero-order chi connectivity index (χ0) is 11.8. The average Bonchev–Trinajstić information content (AvgIpc) is 3.01. The van der Waals surface area contributed by atoms with Gasteiger partial charge in [-0.25, -0.2) is 8.42 Å². The van der Waals surface area contributed by atoms with Crippen LogP contribution in [0, 0.1) is 5.92 Å². The Morgan fingerprint density at radius 3 is 2.75 bits per heavy atom. The molecule has 2 atom stereocenters. The highest BCUT2D eigenvalue weighted by molar-refractivity contribution is 7.89. The maximum Gasteiger partial charge on any atom is 0.214 e. The van der Waals surface area contributed by atoms with Crippen molar-refractivity contribution < 1.29 is 13.2 Å². The minimum atomic E-state index is -3.09. The Bertz CT molecular complexity index is 338. The molecule has 0 aromatic heterocycles. The summed E-state index contributed by atoms with van der Waals surface area (Å²) in [5, 5.41) is 0. The summed E-state index contributed by atoms with van der Waals surface area (Å²) in [6.45, 7) is 3.18. The summed E-state index contributed by atoms with van der Waals surface area (Å²) in [7, 11) is -3.09. The third-order valence-electron chi connectivity index (χ3n) is 3.18. The Balaban J connectivity index is 1.97. The molecule has 1 aliphatic carbocycles. The van der Waals surface area contributed by atoms with Gasteiger partial charge in [-0.2, -0.15) is 4.31 Å². The number of hydrogen-bond donors (Lipinski definition) is 1. The highest BCUT2D eigenvalue weighted by Crippen LogP contribution is 2.31. The summed E-state index contributed by atoms with van der Waals surface area (Å²) in [4.78, 5) is 0. The van der Waals surface area contributed by atoms with Crippen molar-refractivity contribution in [3.63, 3.8) is 0 Å². The van der Waals surface area contributed by atoms with Crippen molar-refractivity contribution in [2.75, 3.05) is 25.4 Å². The van der Waals surface area contributed by atoms with Crippen molar-refractivity contribution >= 4 is 10.0 Å². The van der Waals surface area contributed by atoms with E-state index in [9.17, 15) is 8.42 Å². The van der Waals surface area contributed by atoms with Gasteiger partial charge in [0.05, 0.1) is 18.5 Å². The lowest BCUT2D eigenvalue weighted by Gasteiger charge is -2.33. The SMILES string of the molecule is CC(N)C1CN(S(=O)(=O)CC2CC2)CCO1. The van der Waals surface area contributed by atoms with Crippen molar-refractivity contribution in [3.05, 3.63) is 0 Å². The minimum Gasteiger partial charge on any atom is -0.374 e. The summed E-state index contributed by atoms with van der Waals surface area (Å²) >= 11 is 0. The number of hydrogen-bond acceptors (Lipinski definition) is 4. The lowest BCUT2D eigenvalue weighted by Crippen LogP contribution is -2.51. The van der Waals surface area contributed by atoms with E-state index < -0.39 is 10.0 Å². The Labute approximate surface area is 97.0 Å². The molecule has 5 nitrogen and oxygen atoms in total. The second-order valence-electron chi connectivity index (χ2n) is 4.85. The fraction of sp³-hybridized carbons (Fsp3) is 1.00. The molecule has 2 N–H and O–H groups in total. The topological polar surface area (TPSA) is 72.6 Å². The largest absolute Gasteiger partial charge is 0.374 e. The number of ether oxygens (including phenoxy) is 1. The highest BCUT2D eigenvalue weighted by Gasteiger charge is 2.35. The van der Waals surface area contributed by atoms with Crippen molar-refractivity contribution in [1.29, 1.82) is 0 Å². The molecule has 0 aromatic carbocycles. The Morgan fingerprint density at radius 1 is 1.50 bits per heavy atom. The lowest BCUT2D eigenvalue weighted by atomic mass is 10.2. The fourth-order valence-electron chi connectivity index (χ4n) is 1.91. The summed E-state index contributed by atoms with van der Waals surface area (Å²) < 4.78 is 31.1. The molecule has 0 spiro atoms. The zero-order valence-corrected chi connectivity index (χ0v) is 10.4. The predicted octanol–water partition coefficient (Wildman–Crippen LogP) is -0.226. The van der Waals surface area contributed by atoms with E-state index in [0.29, 0.717) is 31.4 Å². The quantitative estimate of drug-likeness (QED) is 0.746. The number of nitrogens with zero attached hydrogens (tertiary/aromatic N) is 1. The number of morpholine rings is 1. The third-order valence-corrected chi connectivity index (χ3v) is 5.19. The molecule has 2 unspecified atom stereocenters. The maximum absolute atomic E-state index is 12.0. The van der Waals surface area contributed by atoms with E-state index in [1.54, 1.807) is 4.31 Å². The van der Waals surface area contributed by atoms with E-state index in [1.807, 2.05) is 6.92 Å². The minimum absolute atomic E-state index is 0.126. The van der Waals surface area contributed by atoms with Gasteiger partial charge in [0, 0.05) is 19.1 Å². The first-order chi connectivity index (χ1) is 7.49. The van der Waals surface area contributed by atoms with Crippen LogP contribution in [0.3, 0.4) is 0 Å². The normalized spacial score (nSPS) is 30.2. The molecule has 0 amide bonds. The summed E-state index contributed by atoms with van der Waals surface area (Å²) in [5.41, 5.74) is 5.74. The molecular formula is C10H20N2O3S. The van der Waals surface area contributed by atoms with Crippen molar-refractivity contribution in [1.82, 2.24) is 4.31 Å². The van der Waals surface area contributed by atoms with Gasteiger partial charge >= 0.3 is 0 Å². The molecule has 1 heterocycles. The molecule has 0 aromatic rings. The molecule has 1 aliphatic heterocycles. The second-order valence-corrected chi connectivity index (χ2v) is 6.86. The maximum atomic E-state index is 12.0. The smallest absolute Gasteiger partial charge is 0.214 e. The number of nitrogens with two attached hydrogens (primary N) is 1. The van der Waals surface area contributed by atoms with E-state index in [2.05, 4.69) is 0 Å². The first-order valence-electron chi connectivity index (χ1n) is 5.84. The molecular weight excluding hydrogens is 228 g/mol. The lowest BCUT2D eigenvalue weighted by molar-refractivity contribution is -0.0120. The zero-order valence-electron chi connectivity index (χ0n) is 9.63. The van der Waals surface area contributed by atoms with Crippen LogP contribution in [0.5, 0.6) is 0 Å². The molecule has 16 heavy (non-hydrogen) atoms. The first-order valence-corrected chi connectivity index (χ1v) is 7.45. The highest BCUT2D eigenvalue weighted by atomic mass is 32.2. The van der Waals surface area contributed by atoms with E-state index >= 15 is 0 Å². The van der Waals surface area contributed by atoms with Crippen LogP contribution in [-0.2, 0) is 14.8 Å². The number of rotatable bonds is 4. The van der Waals surface area contributed by atoms with Crippen LogP contribution in [0.1, 0.15) is 19.8 Å². The molecule has 2 fully saturated rings. The third kappa shape index (κ3) is 2.94. The molecule has 0 bridgehead atoms. The Hall–Kier alpha value is -0.170. The van der Waals surface area contributed by atoms with Crippen LogP contribution >= 0.6 is 0 Å². The van der Waals surface area contributed by atoms with Gasteiger partial charge in [-0.05, 0) is 25.7 Å². The van der Waals surface area contributed by atoms with Gasteiger partial charge in [-0.15, -0.1) is 0 Å². The van der Waals surface area contributed by atoms with Gasteiger partial charge in [-0.1, -0.05) is 0 Å². The molecule has 2 aliphatic rings. The monoisotopic (exact) mass is 248 g/mol. The van der Waals surface area contributed by atoms with Crippen LogP contribution in [-0.4, -0.2) is 50.3 Å². The predicted molar refractivity (Wildman–Crippen MR) is 61.5 cm³/mol. The van der Waals surface area contributed by atoms with Gasteiger partial charge < -0.3 is 10.5 Å².